The third-order valence-corrected chi connectivity index (χ3v) is 3.39. The molecule has 1 aromatic rings. The second-order valence-corrected chi connectivity index (χ2v) is 4.98. The molecule has 116 valence electrons. The number of amides is 4. The fourth-order valence-electron chi connectivity index (χ4n) is 2.25. The van der Waals surface area contributed by atoms with E-state index >= 15 is 0 Å². The van der Waals surface area contributed by atoms with Crippen LogP contribution in [0.25, 0.3) is 0 Å². The van der Waals surface area contributed by atoms with Crippen LogP contribution in [0.1, 0.15) is 34.6 Å². The Kier molecular flexibility index (Phi) is 4.55. The predicted octanol–water partition coefficient (Wildman–Crippen LogP) is -0.0766. The lowest BCUT2D eigenvalue weighted by atomic mass is 10.1. The van der Waals surface area contributed by atoms with Gasteiger partial charge in [-0.15, -0.1) is 0 Å². The Morgan fingerprint density at radius 2 is 1.55 bits per heavy atom. The first kappa shape index (κ1) is 15.7. The van der Waals surface area contributed by atoms with E-state index in [0.717, 1.165) is 4.90 Å². The van der Waals surface area contributed by atoms with E-state index in [9.17, 15) is 19.2 Å². The first-order valence-corrected chi connectivity index (χ1v) is 6.92. The fraction of sp³-hybridized carbons (Fsp3) is 0.333. The number of imide groups is 1. The van der Waals surface area contributed by atoms with Gasteiger partial charge in [-0.25, -0.2) is 0 Å². The Morgan fingerprint density at radius 3 is 2.05 bits per heavy atom. The summed E-state index contributed by atoms with van der Waals surface area (Å²) in [6.07, 6.45) is 0. The molecule has 0 bridgehead atoms. The number of carbonyl (C=O) groups excluding carboxylic acids is 4. The third-order valence-electron chi connectivity index (χ3n) is 3.39. The molecular weight excluding hydrogens is 286 g/mol. The predicted molar refractivity (Wildman–Crippen MR) is 78.1 cm³/mol. The maximum absolute atomic E-state index is 12.2. The molecule has 1 aromatic carbocycles. The van der Waals surface area contributed by atoms with Crippen LogP contribution in [0.2, 0.25) is 0 Å². The topological polar surface area (TPSA) is 95.6 Å². The van der Waals surface area contributed by atoms with E-state index in [2.05, 4.69) is 10.6 Å². The summed E-state index contributed by atoms with van der Waals surface area (Å²) in [5.41, 5.74) is 0.621. The van der Waals surface area contributed by atoms with Crippen LogP contribution in [-0.2, 0) is 9.59 Å². The maximum Gasteiger partial charge on any atom is 0.262 e. The van der Waals surface area contributed by atoms with Gasteiger partial charge < -0.3 is 10.6 Å². The Balaban J connectivity index is 2.00. The molecular formula is C15H17N3O4. The van der Waals surface area contributed by atoms with E-state index in [1.807, 2.05) is 0 Å². The number of hydrogen-bond donors (Lipinski definition) is 2. The van der Waals surface area contributed by atoms with Crippen molar-refractivity contribution in [1.29, 1.82) is 0 Å². The second-order valence-electron chi connectivity index (χ2n) is 4.98. The Morgan fingerprint density at radius 1 is 1.05 bits per heavy atom. The summed E-state index contributed by atoms with van der Waals surface area (Å²) in [7, 11) is 0. The van der Waals surface area contributed by atoms with Gasteiger partial charge in [-0.2, -0.15) is 0 Å². The highest BCUT2D eigenvalue weighted by atomic mass is 16.2. The molecule has 1 atom stereocenters. The highest BCUT2D eigenvalue weighted by Gasteiger charge is 2.40. The number of rotatable bonds is 5. The van der Waals surface area contributed by atoms with Gasteiger partial charge in [0.25, 0.3) is 11.8 Å². The zero-order valence-corrected chi connectivity index (χ0v) is 12.4. The molecule has 0 saturated carbocycles. The summed E-state index contributed by atoms with van der Waals surface area (Å²) in [4.78, 5) is 48.2. The monoisotopic (exact) mass is 303 g/mol. The van der Waals surface area contributed by atoms with Gasteiger partial charge in [0.1, 0.15) is 6.04 Å². The molecule has 0 aliphatic carbocycles. The van der Waals surface area contributed by atoms with Crippen LogP contribution >= 0.6 is 0 Å². The van der Waals surface area contributed by atoms with Crippen molar-refractivity contribution in [3.63, 3.8) is 0 Å². The summed E-state index contributed by atoms with van der Waals surface area (Å²) >= 11 is 0. The zero-order valence-electron chi connectivity index (χ0n) is 12.4. The van der Waals surface area contributed by atoms with Gasteiger partial charge in [0.05, 0.1) is 11.1 Å². The molecule has 1 aliphatic rings. The van der Waals surface area contributed by atoms with Crippen LogP contribution in [0.4, 0.5) is 0 Å². The van der Waals surface area contributed by atoms with E-state index in [-0.39, 0.29) is 19.0 Å². The zero-order chi connectivity index (χ0) is 16.3. The minimum absolute atomic E-state index is 0.192. The molecule has 0 radical (unpaired) electrons. The molecule has 0 fully saturated rings. The van der Waals surface area contributed by atoms with Crippen molar-refractivity contribution in [2.45, 2.75) is 19.9 Å². The largest absolute Gasteiger partial charge is 0.355 e. The average molecular weight is 303 g/mol. The number of nitrogens with one attached hydrogen (secondary N) is 2. The van der Waals surface area contributed by atoms with Crippen molar-refractivity contribution in [2.75, 3.05) is 13.1 Å². The van der Waals surface area contributed by atoms with Crippen LogP contribution in [0, 0.1) is 0 Å². The van der Waals surface area contributed by atoms with Crippen LogP contribution < -0.4 is 10.6 Å². The molecule has 1 heterocycles. The Bertz CT molecular complexity index is 606. The normalized spacial score (nSPS) is 14.5. The molecule has 0 spiro atoms. The molecule has 0 aromatic heterocycles. The molecule has 7 heteroatoms. The molecule has 2 N–H and O–H groups in total. The summed E-state index contributed by atoms with van der Waals surface area (Å²) in [5, 5.41) is 5.12. The standard InChI is InChI=1S/C15H17N3O4/c1-9(13(20)17-8-7-16-10(2)19)18-14(21)11-5-3-4-6-12(11)15(18)22/h3-6,9H,7-8H2,1-2H3,(H,16,19)(H,17,20). The van der Waals surface area contributed by atoms with Crippen LogP contribution in [0.15, 0.2) is 24.3 Å². The molecule has 22 heavy (non-hydrogen) atoms. The lowest BCUT2D eigenvalue weighted by Gasteiger charge is -2.21. The van der Waals surface area contributed by atoms with Gasteiger partial charge in [0, 0.05) is 20.0 Å². The Hall–Kier alpha value is -2.70. The van der Waals surface area contributed by atoms with Crippen molar-refractivity contribution >= 4 is 23.6 Å². The first-order chi connectivity index (χ1) is 10.4. The fourth-order valence-corrected chi connectivity index (χ4v) is 2.25. The lowest BCUT2D eigenvalue weighted by molar-refractivity contribution is -0.125. The van der Waals surface area contributed by atoms with Gasteiger partial charge in [-0.05, 0) is 19.1 Å². The average Bonchev–Trinajstić information content (AvgIpc) is 2.75. The van der Waals surface area contributed by atoms with Crippen molar-refractivity contribution in [2.24, 2.45) is 0 Å². The van der Waals surface area contributed by atoms with E-state index < -0.39 is 23.8 Å². The molecule has 0 saturated heterocycles. The highest BCUT2D eigenvalue weighted by Crippen LogP contribution is 2.24. The summed E-state index contributed by atoms with van der Waals surface area (Å²) in [6, 6.07) is 5.57. The SMILES string of the molecule is CC(=O)NCCNC(=O)C(C)N1C(=O)c2ccccc2C1=O. The quantitative estimate of drug-likeness (QED) is 0.587. The van der Waals surface area contributed by atoms with Gasteiger partial charge in [-0.3, -0.25) is 24.1 Å². The molecule has 1 aliphatic heterocycles. The number of nitrogens with zero attached hydrogens (tertiary/aromatic N) is 1. The summed E-state index contributed by atoms with van der Waals surface area (Å²) in [6.45, 7) is 3.39. The third kappa shape index (κ3) is 2.98. The number of carbonyl (C=O) groups is 4. The molecule has 7 nitrogen and oxygen atoms in total. The van der Waals surface area contributed by atoms with Gasteiger partial charge in [0.15, 0.2) is 0 Å². The summed E-state index contributed by atoms with van der Waals surface area (Å²) < 4.78 is 0. The number of fused-ring (bicyclic) bond motifs is 1. The smallest absolute Gasteiger partial charge is 0.262 e. The van der Waals surface area contributed by atoms with Gasteiger partial charge >= 0.3 is 0 Å². The molecule has 4 amide bonds. The molecule has 1 unspecified atom stereocenters. The van der Waals surface area contributed by atoms with E-state index in [1.165, 1.54) is 13.8 Å². The summed E-state index contributed by atoms with van der Waals surface area (Å²) in [5.74, 6) is -1.57. The van der Waals surface area contributed by atoms with Gasteiger partial charge in [-0.1, -0.05) is 12.1 Å². The van der Waals surface area contributed by atoms with Crippen LogP contribution in [0.5, 0.6) is 0 Å². The van der Waals surface area contributed by atoms with Crippen LogP contribution in [-0.4, -0.2) is 47.7 Å². The maximum atomic E-state index is 12.2. The van der Waals surface area contributed by atoms with Gasteiger partial charge in [0.2, 0.25) is 11.8 Å². The van der Waals surface area contributed by atoms with Crippen LogP contribution in [0.3, 0.4) is 0 Å². The highest BCUT2D eigenvalue weighted by molar-refractivity contribution is 6.22. The minimum atomic E-state index is -0.912. The van der Waals surface area contributed by atoms with Crippen molar-refractivity contribution < 1.29 is 19.2 Å². The number of hydrogen-bond acceptors (Lipinski definition) is 4. The second kappa shape index (κ2) is 6.38. The van der Waals surface area contributed by atoms with Crippen molar-refractivity contribution in [3.05, 3.63) is 35.4 Å². The van der Waals surface area contributed by atoms with E-state index in [4.69, 9.17) is 0 Å². The molecule has 2 rings (SSSR count). The van der Waals surface area contributed by atoms with Crippen molar-refractivity contribution in [1.82, 2.24) is 15.5 Å². The first-order valence-electron chi connectivity index (χ1n) is 6.92. The lowest BCUT2D eigenvalue weighted by Crippen LogP contribution is -2.49. The van der Waals surface area contributed by atoms with Crippen molar-refractivity contribution in [3.8, 4) is 0 Å². The minimum Gasteiger partial charge on any atom is -0.355 e. The van der Waals surface area contributed by atoms with E-state index in [0.29, 0.717) is 11.1 Å². The number of benzene rings is 1. The Labute approximate surface area is 127 Å². The van der Waals surface area contributed by atoms with E-state index in [1.54, 1.807) is 24.3 Å².